The smallest absolute Gasteiger partial charge is 0.254 e. The van der Waals surface area contributed by atoms with Gasteiger partial charge in [-0.2, -0.15) is 0 Å². The monoisotopic (exact) mass is 476 g/mol. The molecule has 0 unspecified atom stereocenters. The Morgan fingerprint density at radius 2 is 1.58 bits per heavy atom. The van der Waals surface area contributed by atoms with Gasteiger partial charge in [-0.25, -0.2) is 0 Å². The number of rotatable bonds is 9. The van der Waals surface area contributed by atoms with E-state index in [0.717, 1.165) is 42.0 Å². The van der Waals surface area contributed by atoms with Crippen LogP contribution in [0.15, 0.2) is 103 Å². The quantitative estimate of drug-likeness (QED) is 0.309. The second kappa shape index (κ2) is 11.2. The van der Waals surface area contributed by atoms with Crippen LogP contribution in [0.1, 0.15) is 40.0 Å². The number of hydrogen-bond acceptors (Lipinski definition) is 3. The molecule has 1 heterocycles. The summed E-state index contributed by atoms with van der Waals surface area (Å²) < 4.78 is 6.18. The summed E-state index contributed by atoms with van der Waals surface area (Å²) in [5.74, 6) is 0.905. The number of amides is 1. The van der Waals surface area contributed by atoms with Crippen LogP contribution in [0.25, 0.3) is 11.1 Å². The van der Waals surface area contributed by atoms with Crippen molar-refractivity contribution in [1.82, 2.24) is 10.2 Å². The number of nitrogens with zero attached hydrogens (tertiary/aromatic N) is 1. The van der Waals surface area contributed by atoms with E-state index in [1.54, 1.807) is 0 Å². The SMILES string of the molecule is C[C@H](NCCN1CCc2cc(OCc3ccccc3-c3ccccc3)ccc2C1=O)c1ccccc1. The van der Waals surface area contributed by atoms with Gasteiger partial charge in [0.1, 0.15) is 12.4 Å². The van der Waals surface area contributed by atoms with Gasteiger partial charge in [-0.05, 0) is 59.4 Å². The molecule has 4 aromatic carbocycles. The standard InChI is InChI=1S/C32H32N2O2/c1-24(25-10-4-2-5-11-25)33-19-21-34-20-18-27-22-29(16-17-31(27)32(34)35)36-23-28-14-8-9-15-30(28)26-12-6-3-7-13-26/h2-17,22,24,33H,18-21,23H2,1H3/t24-/m0/s1. The molecule has 1 aliphatic rings. The molecule has 4 nitrogen and oxygen atoms in total. The molecule has 0 bridgehead atoms. The van der Waals surface area contributed by atoms with E-state index in [9.17, 15) is 4.79 Å². The highest BCUT2D eigenvalue weighted by molar-refractivity contribution is 5.97. The first kappa shape index (κ1) is 23.8. The molecule has 0 saturated heterocycles. The molecule has 1 amide bonds. The molecule has 4 aromatic rings. The number of hydrogen-bond donors (Lipinski definition) is 1. The van der Waals surface area contributed by atoms with Gasteiger partial charge in [0.05, 0.1) is 0 Å². The second-order valence-corrected chi connectivity index (χ2v) is 9.26. The fourth-order valence-corrected chi connectivity index (χ4v) is 4.80. The van der Waals surface area contributed by atoms with Gasteiger partial charge in [-0.1, -0.05) is 84.9 Å². The summed E-state index contributed by atoms with van der Waals surface area (Å²) in [6, 6.07) is 35.2. The Morgan fingerprint density at radius 3 is 2.39 bits per heavy atom. The summed E-state index contributed by atoms with van der Waals surface area (Å²) in [7, 11) is 0. The third-order valence-corrected chi connectivity index (χ3v) is 6.87. The molecule has 0 aliphatic carbocycles. The molecule has 1 atom stereocenters. The van der Waals surface area contributed by atoms with Crippen molar-refractivity contribution in [2.45, 2.75) is 26.0 Å². The molecule has 4 heteroatoms. The molecule has 1 aliphatic heterocycles. The molecule has 0 fully saturated rings. The van der Waals surface area contributed by atoms with E-state index in [-0.39, 0.29) is 11.9 Å². The normalized spacial score (nSPS) is 13.8. The van der Waals surface area contributed by atoms with Gasteiger partial charge in [0.2, 0.25) is 0 Å². The summed E-state index contributed by atoms with van der Waals surface area (Å²) in [5, 5.41) is 3.53. The minimum absolute atomic E-state index is 0.103. The van der Waals surface area contributed by atoms with Crippen LogP contribution in [0.2, 0.25) is 0 Å². The van der Waals surface area contributed by atoms with Gasteiger partial charge in [-0.15, -0.1) is 0 Å². The van der Waals surface area contributed by atoms with E-state index < -0.39 is 0 Å². The van der Waals surface area contributed by atoms with Crippen LogP contribution in [0.5, 0.6) is 5.75 Å². The molecule has 0 aromatic heterocycles. The van der Waals surface area contributed by atoms with Crippen LogP contribution >= 0.6 is 0 Å². The Labute approximate surface area is 213 Å². The van der Waals surface area contributed by atoms with Crippen molar-refractivity contribution < 1.29 is 9.53 Å². The van der Waals surface area contributed by atoms with E-state index >= 15 is 0 Å². The summed E-state index contributed by atoms with van der Waals surface area (Å²) in [4.78, 5) is 15.1. The van der Waals surface area contributed by atoms with Gasteiger partial charge in [0, 0.05) is 31.2 Å². The predicted molar refractivity (Wildman–Crippen MR) is 145 cm³/mol. The van der Waals surface area contributed by atoms with Crippen molar-refractivity contribution in [3.63, 3.8) is 0 Å². The Kier molecular flexibility index (Phi) is 7.44. The van der Waals surface area contributed by atoms with E-state index in [4.69, 9.17) is 4.74 Å². The lowest BCUT2D eigenvalue weighted by Crippen LogP contribution is -2.41. The van der Waals surface area contributed by atoms with E-state index in [2.05, 4.69) is 79.0 Å². The lowest BCUT2D eigenvalue weighted by atomic mass is 9.98. The van der Waals surface area contributed by atoms with Crippen LogP contribution in [-0.4, -0.2) is 30.4 Å². The first-order valence-corrected chi connectivity index (χ1v) is 12.7. The van der Waals surface area contributed by atoms with Crippen LogP contribution in [-0.2, 0) is 13.0 Å². The number of benzene rings is 4. The average Bonchev–Trinajstić information content (AvgIpc) is 2.94. The Bertz CT molecular complexity index is 1300. The summed E-state index contributed by atoms with van der Waals surface area (Å²) in [5.41, 5.74) is 6.61. The molecular weight excluding hydrogens is 444 g/mol. The van der Waals surface area contributed by atoms with Crippen LogP contribution in [0.4, 0.5) is 0 Å². The molecule has 182 valence electrons. The second-order valence-electron chi connectivity index (χ2n) is 9.26. The van der Waals surface area contributed by atoms with Gasteiger partial charge >= 0.3 is 0 Å². The Hall–Kier alpha value is -3.89. The highest BCUT2D eigenvalue weighted by Gasteiger charge is 2.24. The number of fused-ring (bicyclic) bond motifs is 1. The average molecular weight is 477 g/mol. The number of carbonyl (C=O) groups excluding carboxylic acids is 1. The highest BCUT2D eigenvalue weighted by atomic mass is 16.5. The number of carbonyl (C=O) groups is 1. The zero-order valence-corrected chi connectivity index (χ0v) is 20.7. The molecule has 5 rings (SSSR count). The third-order valence-electron chi connectivity index (χ3n) is 6.87. The van der Waals surface area contributed by atoms with E-state index in [1.807, 2.05) is 41.3 Å². The maximum atomic E-state index is 13.1. The zero-order valence-electron chi connectivity index (χ0n) is 20.7. The number of ether oxygens (including phenoxy) is 1. The van der Waals surface area contributed by atoms with Gasteiger partial charge in [-0.3, -0.25) is 4.79 Å². The van der Waals surface area contributed by atoms with E-state index in [1.165, 1.54) is 16.7 Å². The van der Waals surface area contributed by atoms with Crippen molar-refractivity contribution >= 4 is 5.91 Å². The summed E-state index contributed by atoms with van der Waals surface area (Å²) in [6.45, 7) is 4.83. The first-order chi connectivity index (χ1) is 17.7. The molecular formula is C32H32N2O2. The summed E-state index contributed by atoms with van der Waals surface area (Å²) >= 11 is 0. The zero-order chi connectivity index (χ0) is 24.7. The minimum Gasteiger partial charge on any atom is -0.489 e. The Morgan fingerprint density at radius 1 is 0.861 bits per heavy atom. The first-order valence-electron chi connectivity index (χ1n) is 12.7. The Balaban J connectivity index is 1.19. The van der Waals surface area contributed by atoms with Gasteiger partial charge in [0.25, 0.3) is 5.91 Å². The van der Waals surface area contributed by atoms with E-state index in [0.29, 0.717) is 13.2 Å². The fraction of sp³-hybridized carbons (Fsp3) is 0.219. The fourth-order valence-electron chi connectivity index (χ4n) is 4.80. The predicted octanol–water partition coefficient (Wildman–Crippen LogP) is 6.28. The molecule has 0 radical (unpaired) electrons. The molecule has 0 spiro atoms. The number of nitrogens with one attached hydrogen (secondary N) is 1. The topological polar surface area (TPSA) is 41.6 Å². The summed E-state index contributed by atoms with van der Waals surface area (Å²) in [6.07, 6.45) is 0.840. The maximum absolute atomic E-state index is 13.1. The van der Waals surface area contributed by atoms with Crippen LogP contribution < -0.4 is 10.1 Å². The lowest BCUT2D eigenvalue weighted by Gasteiger charge is -2.29. The van der Waals surface area contributed by atoms with Crippen molar-refractivity contribution in [1.29, 1.82) is 0 Å². The van der Waals surface area contributed by atoms with Crippen LogP contribution in [0.3, 0.4) is 0 Å². The van der Waals surface area contributed by atoms with Crippen molar-refractivity contribution in [2.75, 3.05) is 19.6 Å². The molecule has 1 N–H and O–H groups in total. The highest BCUT2D eigenvalue weighted by Crippen LogP contribution is 2.27. The maximum Gasteiger partial charge on any atom is 0.254 e. The minimum atomic E-state index is 0.103. The van der Waals surface area contributed by atoms with Crippen molar-refractivity contribution in [3.05, 3.63) is 125 Å². The third kappa shape index (κ3) is 5.50. The lowest BCUT2D eigenvalue weighted by molar-refractivity contribution is 0.0740. The molecule has 36 heavy (non-hydrogen) atoms. The molecule has 0 saturated carbocycles. The van der Waals surface area contributed by atoms with Crippen molar-refractivity contribution in [3.8, 4) is 16.9 Å². The van der Waals surface area contributed by atoms with Gasteiger partial charge in [0.15, 0.2) is 0 Å². The van der Waals surface area contributed by atoms with Gasteiger partial charge < -0.3 is 15.0 Å². The van der Waals surface area contributed by atoms with Crippen molar-refractivity contribution in [2.24, 2.45) is 0 Å². The van der Waals surface area contributed by atoms with Crippen LogP contribution in [0, 0.1) is 0 Å². The largest absolute Gasteiger partial charge is 0.489 e.